The van der Waals surface area contributed by atoms with Crippen LogP contribution in [0.15, 0.2) is 138 Å². The van der Waals surface area contributed by atoms with E-state index in [1.165, 1.54) is 28.7 Å². The lowest BCUT2D eigenvalue weighted by molar-refractivity contribution is -0.116. The number of anilines is 2. The lowest BCUT2D eigenvalue weighted by Gasteiger charge is -2.17. The second kappa shape index (κ2) is 15.8. The second-order valence-corrected chi connectivity index (χ2v) is 14.3. The van der Waals surface area contributed by atoms with Gasteiger partial charge in [-0.05, 0) is 89.7 Å². The van der Waals surface area contributed by atoms with Crippen LogP contribution in [0.5, 0.6) is 0 Å². The summed E-state index contributed by atoms with van der Waals surface area (Å²) in [5, 5.41) is 8.74. The van der Waals surface area contributed by atoms with Crippen molar-refractivity contribution in [2.24, 2.45) is 0 Å². The zero-order valence-corrected chi connectivity index (χ0v) is 29.5. The predicted molar refractivity (Wildman–Crippen MR) is 206 cm³/mol. The lowest BCUT2D eigenvalue weighted by atomic mass is 10.0. The molecule has 6 rings (SSSR count). The number of fused-ring (bicyclic) bond motifs is 1. The van der Waals surface area contributed by atoms with Gasteiger partial charge < -0.3 is 16.0 Å². The number of hydrogen-bond acceptors (Lipinski definition) is 6. The first-order valence-electron chi connectivity index (χ1n) is 16.2. The molecular weight excluding hydrogens is 661 g/mol. The fourth-order valence-electron chi connectivity index (χ4n) is 5.19. The molecule has 0 aliphatic rings. The molecule has 1 heterocycles. The van der Waals surface area contributed by atoms with E-state index in [1.54, 1.807) is 42.5 Å². The Morgan fingerprint density at radius 1 is 0.760 bits per heavy atom. The molecule has 250 valence electrons. The van der Waals surface area contributed by atoms with Crippen molar-refractivity contribution in [3.8, 4) is 0 Å². The van der Waals surface area contributed by atoms with Crippen LogP contribution in [0.1, 0.15) is 57.6 Å². The fourth-order valence-corrected chi connectivity index (χ4v) is 7.19. The summed E-state index contributed by atoms with van der Waals surface area (Å²) >= 11 is 2.86. The minimum atomic E-state index is -0.546. The van der Waals surface area contributed by atoms with E-state index >= 15 is 0 Å². The topological polar surface area (TPSA) is 100 Å². The van der Waals surface area contributed by atoms with Crippen LogP contribution in [-0.4, -0.2) is 22.7 Å². The highest BCUT2D eigenvalue weighted by molar-refractivity contribution is 8.00. The van der Waals surface area contributed by atoms with Crippen LogP contribution < -0.4 is 16.0 Å². The molecule has 0 spiro atoms. The summed E-state index contributed by atoms with van der Waals surface area (Å²) in [6.45, 7) is 6.27. The van der Waals surface area contributed by atoms with Crippen molar-refractivity contribution in [3.05, 3.63) is 161 Å². The summed E-state index contributed by atoms with van der Waals surface area (Å²) in [6, 6.07) is 39.6. The van der Waals surface area contributed by atoms with Gasteiger partial charge in [0.1, 0.15) is 10.9 Å². The molecule has 3 N–H and O–H groups in total. The minimum absolute atomic E-state index is 0.112. The number of thioether (sulfide) groups is 1. The van der Waals surface area contributed by atoms with Crippen molar-refractivity contribution in [1.29, 1.82) is 0 Å². The van der Waals surface area contributed by atoms with Crippen LogP contribution in [-0.2, 0) is 9.59 Å². The van der Waals surface area contributed by atoms with Crippen molar-refractivity contribution < 1.29 is 14.4 Å². The highest BCUT2D eigenvalue weighted by Crippen LogP contribution is 2.37. The van der Waals surface area contributed by atoms with Gasteiger partial charge in [-0.2, -0.15) is 0 Å². The predicted octanol–water partition coefficient (Wildman–Crippen LogP) is 9.61. The molecule has 5 aromatic carbocycles. The molecule has 3 amide bonds. The Bertz CT molecular complexity index is 2140. The maximum atomic E-state index is 13.7. The van der Waals surface area contributed by atoms with Crippen LogP contribution in [0.25, 0.3) is 16.3 Å². The molecule has 7 nitrogen and oxygen atoms in total. The van der Waals surface area contributed by atoms with Gasteiger partial charge in [-0.25, -0.2) is 4.98 Å². The number of aryl methyl sites for hydroxylation is 1. The van der Waals surface area contributed by atoms with E-state index in [4.69, 9.17) is 0 Å². The van der Waals surface area contributed by atoms with Crippen LogP contribution in [0.2, 0.25) is 0 Å². The van der Waals surface area contributed by atoms with Crippen LogP contribution in [0, 0.1) is 6.92 Å². The van der Waals surface area contributed by atoms with Gasteiger partial charge in [0.15, 0.2) is 5.13 Å². The number of aromatic nitrogens is 1. The van der Waals surface area contributed by atoms with Crippen LogP contribution in [0.3, 0.4) is 0 Å². The van der Waals surface area contributed by atoms with E-state index < -0.39 is 11.2 Å². The van der Waals surface area contributed by atoms with Crippen molar-refractivity contribution in [3.63, 3.8) is 0 Å². The lowest BCUT2D eigenvalue weighted by Crippen LogP contribution is -2.30. The quantitative estimate of drug-likeness (QED) is 0.0926. The maximum Gasteiger partial charge on any atom is 0.272 e. The molecule has 1 atom stereocenters. The fraction of sp³-hybridized carbons (Fsp3) is 0.122. The molecule has 6 aromatic rings. The number of nitrogens with zero attached hydrogens (tertiary/aromatic N) is 1. The number of amides is 3. The van der Waals surface area contributed by atoms with E-state index in [0.29, 0.717) is 22.3 Å². The number of hydrogen-bond donors (Lipinski definition) is 3. The van der Waals surface area contributed by atoms with Crippen LogP contribution in [0.4, 0.5) is 10.8 Å². The highest BCUT2D eigenvalue weighted by Gasteiger charge is 2.24. The average molecular weight is 697 g/mol. The number of benzene rings is 5. The minimum Gasteiger partial charge on any atom is -0.321 e. The highest BCUT2D eigenvalue weighted by atomic mass is 32.2. The van der Waals surface area contributed by atoms with Gasteiger partial charge in [0.2, 0.25) is 5.91 Å². The Kier molecular flexibility index (Phi) is 10.9. The first-order chi connectivity index (χ1) is 24.2. The van der Waals surface area contributed by atoms with E-state index in [1.807, 2.05) is 91.9 Å². The molecule has 0 saturated heterocycles. The molecule has 9 heteroatoms. The largest absolute Gasteiger partial charge is 0.321 e. The van der Waals surface area contributed by atoms with E-state index in [9.17, 15) is 14.4 Å². The zero-order chi connectivity index (χ0) is 35.0. The SMILES string of the molecule is Cc1ccc2nc(NC(=O)C(Sc3ccc(NC(=O)/C(=C/c4ccc(C(C)C)cc4)NC(=O)c4ccccc4)cc3)c3ccccc3)sc2c1. The zero-order valence-electron chi connectivity index (χ0n) is 27.8. The van der Waals surface area contributed by atoms with E-state index in [0.717, 1.165) is 31.8 Å². The molecular formula is C41H36N4O3S2. The van der Waals surface area contributed by atoms with E-state index in [-0.39, 0.29) is 17.5 Å². The van der Waals surface area contributed by atoms with Gasteiger partial charge in [0, 0.05) is 16.1 Å². The van der Waals surface area contributed by atoms with E-state index in [2.05, 4.69) is 40.8 Å². The van der Waals surface area contributed by atoms with Gasteiger partial charge >= 0.3 is 0 Å². The van der Waals surface area contributed by atoms with Crippen molar-refractivity contribution in [1.82, 2.24) is 10.3 Å². The Morgan fingerprint density at radius 2 is 1.44 bits per heavy atom. The normalized spacial score (nSPS) is 12.0. The summed E-state index contributed by atoms with van der Waals surface area (Å²) in [7, 11) is 0. The Hall–Kier alpha value is -5.51. The monoisotopic (exact) mass is 696 g/mol. The van der Waals surface area contributed by atoms with Gasteiger partial charge in [0.25, 0.3) is 11.8 Å². The van der Waals surface area contributed by atoms with Gasteiger partial charge in [-0.3, -0.25) is 14.4 Å². The average Bonchev–Trinajstić information content (AvgIpc) is 3.53. The smallest absolute Gasteiger partial charge is 0.272 e. The first kappa shape index (κ1) is 34.4. The molecule has 1 unspecified atom stereocenters. The number of carbonyl (C=O) groups is 3. The third kappa shape index (κ3) is 8.74. The molecule has 0 fully saturated rings. The maximum absolute atomic E-state index is 13.7. The Morgan fingerprint density at radius 3 is 2.12 bits per heavy atom. The Balaban J connectivity index is 1.19. The third-order valence-corrected chi connectivity index (χ3v) is 10.1. The molecule has 0 aliphatic carbocycles. The molecule has 0 bridgehead atoms. The molecule has 0 saturated carbocycles. The summed E-state index contributed by atoms with van der Waals surface area (Å²) < 4.78 is 1.02. The second-order valence-electron chi connectivity index (χ2n) is 12.1. The third-order valence-electron chi connectivity index (χ3n) is 7.92. The number of nitrogens with one attached hydrogen (secondary N) is 3. The van der Waals surface area contributed by atoms with Crippen molar-refractivity contribution >= 4 is 67.9 Å². The molecule has 0 radical (unpaired) electrons. The standard InChI is InChI=1S/C41H36N4O3S2/c1-26(2)29-17-15-28(16-18-29)25-35(43-38(46)31-12-8-5-9-13-31)39(47)42-32-19-21-33(22-20-32)49-37(30-10-6-4-7-11-30)40(48)45-41-44-34-23-14-27(3)24-36(34)50-41/h4-26,37H,1-3H3,(H,42,47)(H,43,46)(H,44,45,48)/b35-25-. The summed E-state index contributed by atoms with van der Waals surface area (Å²) in [5.74, 6) is -0.659. The van der Waals surface area contributed by atoms with Crippen molar-refractivity contribution in [2.45, 2.75) is 36.8 Å². The summed E-state index contributed by atoms with van der Waals surface area (Å²) in [4.78, 5) is 45.8. The van der Waals surface area contributed by atoms with Gasteiger partial charge in [-0.1, -0.05) is 104 Å². The molecule has 50 heavy (non-hydrogen) atoms. The first-order valence-corrected chi connectivity index (χ1v) is 17.9. The summed E-state index contributed by atoms with van der Waals surface area (Å²) in [6.07, 6.45) is 1.67. The number of thiazole rings is 1. The number of carbonyl (C=O) groups excluding carboxylic acids is 3. The molecule has 0 aliphatic heterocycles. The van der Waals surface area contributed by atoms with Crippen molar-refractivity contribution in [2.75, 3.05) is 10.6 Å². The number of rotatable bonds is 11. The van der Waals surface area contributed by atoms with Gasteiger partial charge in [0.05, 0.1) is 10.2 Å². The summed E-state index contributed by atoms with van der Waals surface area (Å²) in [5.41, 5.74) is 5.90. The van der Waals surface area contributed by atoms with Gasteiger partial charge in [-0.15, -0.1) is 11.8 Å². The van der Waals surface area contributed by atoms with Crippen LogP contribution >= 0.6 is 23.1 Å². The Labute approximate surface area is 299 Å². The molecule has 1 aromatic heterocycles.